The fourth-order valence-electron chi connectivity index (χ4n) is 2.20. The van der Waals surface area contributed by atoms with Gasteiger partial charge in [0, 0.05) is 23.8 Å². The number of pyridine rings is 1. The van der Waals surface area contributed by atoms with E-state index in [0.717, 1.165) is 37.3 Å². The topological polar surface area (TPSA) is 54.0 Å². The minimum atomic E-state index is 0.0113. The Balaban J connectivity index is 2.11. The van der Waals surface area contributed by atoms with E-state index in [9.17, 15) is 4.79 Å². The monoisotopic (exact) mass is 275 g/mol. The highest BCUT2D eigenvalue weighted by atomic mass is 16.1. The van der Waals surface area contributed by atoms with Crippen molar-refractivity contribution in [2.45, 2.75) is 53.0 Å². The number of hydrogen-bond acceptors (Lipinski definition) is 3. The van der Waals surface area contributed by atoms with Crippen LogP contribution < -0.4 is 10.6 Å². The molecular formula is C16H25N3O. The third-order valence-corrected chi connectivity index (χ3v) is 3.88. The lowest BCUT2D eigenvalue weighted by molar-refractivity contribution is 0.0946. The number of carbonyl (C=O) groups is 1. The van der Waals surface area contributed by atoms with Crippen molar-refractivity contribution in [3.8, 4) is 0 Å². The first-order chi connectivity index (χ1) is 9.46. The molecule has 1 atom stereocenters. The van der Waals surface area contributed by atoms with E-state index in [0.29, 0.717) is 11.6 Å². The normalized spacial score (nSPS) is 19.5. The summed E-state index contributed by atoms with van der Waals surface area (Å²) < 4.78 is 0. The van der Waals surface area contributed by atoms with Crippen LogP contribution in [0.5, 0.6) is 0 Å². The zero-order valence-electron chi connectivity index (χ0n) is 12.9. The molecule has 1 heterocycles. The Morgan fingerprint density at radius 1 is 1.40 bits per heavy atom. The van der Waals surface area contributed by atoms with E-state index in [1.54, 1.807) is 0 Å². The Kier molecular flexibility index (Phi) is 4.31. The molecule has 0 aliphatic heterocycles. The summed E-state index contributed by atoms with van der Waals surface area (Å²) in [6.07, 6.45) is 2.93. The van der Waals surface area contributed by atoms with Crippen LogP contribution in [0.3, 0.4) is 0 Å². The Morgan fingerprint density at radius 2 is 2.10 bits per heavy atom. The van der Waals surface area contributed by atoms with Crippen LogP contribution in [0.25, 0.3) is 0 Å². The van der Waals surface area contributed by atoms with Gasteiger partial charge in [-0.25, -0.2) is 4.98 Å². The Labute approximate surface area is 121 Å². The average molecular weight is 275 g/mol. The van der Waals surface area contributed by atoms with Gasteiger partial charge in [0.05, 0.1) is 0 Å². The maximum absolute atomic E-state index is 12.3. The van der Waals surface area contributed by atoms with Crippen molar-refractivity contribution in [2.75, 3.05) is 11.9 Å². The quantitative estimate of drug-likeness (QED) is 0.839. The molecule has 1 aliphatic rings. The van der Waals surface area contributed by atoms with Gasteiger partial charge in [0.25, 0.3) is 5.91 Å². The first-order valence-corrected chi connectivity index (χ1v) is 7.52. The summed E-state index contributed by atoms with van der Waals surface area (Å²) in [4.78, 5) is 16.8. The van der Waals surface area contributed by atoms with Crippen LogP contribution in [0, 0.1) is 5.41 Å². The van der Waals surface area contributed by atoms with Gasteiger partial charge < -0.3 is 10.6 Å². The molecule has 1 aromatic rings. The Morgan fingerprint density at radius 3 is 2.65 bits per heavy atom. The average Bonchev–Trinajstić information content (AvgIpc) is 3.02. The highest BCUT2D eigenvalue weighted by molar-refractivity contribution is 5.95. The largest absolute Gasteiger partial charge is 0.370 e. The number of nitrogens with zero attached hydrogens (tertiary/aromatic N) is 1. The predicted octanol–water partition coefficient (Wildman–Crippen LogP) is 2.99. The first kappa shape index (κ1) is 14.8. The van der Waals surface area contributed by atoms with Crippen molar-refractivity contribution in [1.29, 1.82) is 0 Å². The zero-order chi connectivity index (χ0) is 14.8. The van der Waals surface area contributed by atoms with Crippen LogP contribution in [0.1, 0.15) is 56.6 Å². The SMILES string of the molecule is CCCNc1cc(C(=O)NC2CC2(C)C)cc(CC)n1. The van der Waals surface area contributed by atoms with Crippen molar-refractivity contribution in [3.63, 3.8) is 0 Å². The van der Waals surface area contributed by atoms with Gasteiger partial charge in [-0.05, 0) is 36.8 Å². The molecular weight excluding hydrogens is 250 g/mol. The Bertz CT molecular complexity index is 496. The lowest BCUT2D eigenvalue weighted by atomic mass is 10.1. The molecule has 1 fully saturated rings. The molecule has 0 spiro atoms. The second-order valence-corrected chi connectivity index (χ2v) is 6.23. The van der Waals surface area contributed by atoms with Crippen LogP contribution >= 0.6 is 0 Å². The minimum absolute atomic E-state index is 0.0113. The van der Waals surface area contributed by atoms with Crippen molar-refractivity contribution in [2.24, 2.45) is 5.41 Å². The van der Waals surface area contributed by atoms with E-state index in [2.05, 4.69) is 43.3 Å². The van der Waals surface area contributed by atoms with E-state index >= 15 is 0 Å². The van der Waals surface area contributed by atoms with Gasteiger partial charge in [-0.3, -0.25) is 4.79 Å². The zero-order valence-corrected chi connectivity index (χ0v) is 12.9. The summed E-state index contributed by atoms with van der Waals surface area (Å²) in [6, 6.07) is 4.04. The molecule has 1 aliphatic carbocycles. The van der Waals surface area contributed by atoms with Gasteiger partial charge in [-0.2, -0.15) is 0 Å². The number of nitrogens with one attached hydrogen (secondary N) is 2. The number of amides is 1. The van der Waals surface area contributed by atoms with Crippen molar-refractivity contribution < 1.29 is 4.79 Å². The molecule has 110 valence electrons. The molecule has 0 radical (unpaired) electrons. The Hall–Kier alpha value is -1.58. The van der Waals surface area contributed by atoms with Crippen LogP contribution in [0.15, 0.2) is 12.1 Å². The first-order valence-electron chi connectivity index (χ1n) is 7.52. The summed E-state index contributed by atoms with van der Waals surface area (Å²) >= 11 is 0. The molecule has 4 nitrogen and oxygen atoms in total. The smallest absolute Gasteiger partial charge is 0.251 e. The molecule has 0 saturated heterocycles. The van der Waals surface area contributed by atoms with Crippen molar-refractivity contribution >= 4 is 11.7 Å². The molecule has 1 unspecified atom stereocenters. The van der Waals surface area contributed by atoms with E-state index in [1.807, 2.05) is 12.1 Å². The molecule has 1 amide bonds. The third kappa shape index (κ3) is 3.50. The number of rotatable bonds is 6. The second kappa shape index (κ2) is 5.81. The van der Waals surface area contributed by atoms with Crippen LogP contribution in [-0.4, -0.2) is 23.5 Å². The van der Waals surface area contributed by atoms with Gasteiger partial charge >= 0.3 is 0 Å². The molecule has 4 heteroatoms. The maximum Gasteiger partial charge on any atom is 0.251 e. The summed E-state index contributed by atoms with van der Waals surface area (Å²) in [6.45, 7) is 9.39. The number of anilines is 1. The van der Waals surface area contributed by atoms with Crippen LogP contribution in [-0.2, 0) is 6.42 Å². The van der Waals surface area contributed by atoms with Gasteiger partial charge in [0.1, 0.15) is 5.82 Å². The van der Waals surface area contributed by atoms with Crippen LogP contribution in [0.4, 0.5) is 5.82 Å². The van der Waals surface area contributed by atoms with Gasteiger partial charge in [-0.15, -0.1) is 0 Å². The summed E-state index contributed by atoms with van der Waals surface area (Å²) in [5.41, 5.74) is 1.91. The molecule has 1 saturated carbocycles. The number of aryl methyl sites for hydroxylation is 1. The van der Waals surface area contributed by atoms with Crippen LogP contribution in [0.2, 0.25) is 0 Å². The van der Waals surface area contributed by atoms with E-state index < -0.39 is 0 Å². The minimum Gasteiger partial charge on any atom is -0.370 e. The summed E-state index contributed by atoms with van der Waals surface area (Å²) in [7, 11) is 0. The molecule has 0 bridgehead atoms. The second-order valence-electron chi connectivity index (χ2n) is 6.23. The number of aromatic nitrogens is 1. The molecule has 2 rings (SSSR count). The van der Waals surface area contributed by atoms with E-state index in [-0.39, 0.29) is 11.3 Å². The highest BCUT2D eigenvalue weighted by Gasteiger charge is 2.46. The van der Waals surface area contributed by atoms with E-state index in [4.69, 9.17) is 0 Å². The molecule has 20 heavy (non-hydrogen) atoms. The molecule has 2 N–H and O–H groups in total. The predicted molar refractivity (Wildman–Crippen MR) is 82.0 cm³/mol. The number of carbonyl (C=O) groups excluding carboxylic acids is 1. The summed E-state index contributed by atoms with van der Waals surface area (Å²) in [5, 5.41) is 6.36. The fourth-order valence-corrected chi connectivity index (χ4v) is 2.20. The highest BCUT2D eigenvalue weighted by Crippen LogP contribution is 2.44. The van der Waals surface area contributed by atoms with Gasteiger partial charge in [-0.1, -0.05) is 27.7 Å². The van der Waals surface area contributed by atoms with Gasteiger partial charge in [0.15, 0.2) is 0 Å². The van der Waals surface area contributed by atoms with Crippen molar-refractivity contribution in [3.05, 3.63) is 23.4 Å². The standard InChI is InChI=1S/C16H25N3O/c1-5-7-17-14-9-11(8-12(6-2)18-14)15(20)19-13-10-16(13,3)4/h8-9,13H,5-7,10H2,1-4H3,(H,17,18)(H,19,20). The lowest BCUT2D eigenvalue weighted by Gasteiger charge is -2.11. The summed E-state index contributed by atoms with van der Waals surface area (Å²) in [5.74, 6) is 0.809. The molecule has 1 aromatic heterocycles. The number of hydrogen-bond donors (Lipinski definition) is 2. The maximum atomic E-state index is 12.3. The third-order valence-electron chi connectivity index (χ3n) is 3.88. The van der Waals surface area contributed by atoms with E-state index in [1.165, 1.54) is 0 Å². The van der Waals surface area contributed by atoms with Crippen molar-refractivity contribution in [1.82, 2.24) is 10.3 Å². The fraction of sp³-hybridized carbons (Fsp3) is 0.625. The molecule has 0 aromatic carbocycles. The lowest BCUT2D eigenvalue weighted by Crippen LogP contribution is -2.28. The van der Waals surface area contributed by atoms with Gasteiger partial charge in [0.2, 0.25) is 0 Å².